The highest BCUT2D eigenvalue weighted by atomic mass is 16.5. The van der Waals surface area contributed by atoms with Crippen molar-refractivity contribution in [2.75, 3.05) is 13.7 Å². The van der Waals surface area contributed by atoms with E-state index in [0.29, 0.717) is 6.61 Å². The predicted octanol–water partition coefficient (Wildman–Crippen LogP) is 3.41. The van der Waals surface area contributed by atoms with Crippen molar-refractivity contribution in [3.8, 4) is 5.75 Å². The number of hydrogen-bond acceptors (Lipinski definition) is 2. The van der Waals surface area contributed by atoms with E-state index in [2.05, 4.69) is 24.9 Å². The molecule has 0 saturated carbocycles. The van der Waals surface area contributed by atoms with Gasteiger partial charge in [0.05, 0.1) is 0 Å². The van der Waals surface area contributed by atoms with Crippen LogP contribution < -0.4 is 4.74 Å². The van der Waals surface area contributed by atoms with Gasteiger partial charge in [0.2, 0.25) is 0 Å². The summed E-state index contributed by atoms with van der Waals surface area (Å²) in [6, 6.07) is 8.07. The third kappa shape index (κ3) is 4.30. The van der Waals surface area contributed by atoms with Gasteiger partial charge in [-0.15, -0.1) is 0 Å². The molecular weight excluding hydrogens is 198 g/mol. The fourth-order valence-corrected chi connectivity index (χ4v) is 1.38. The molecule has 0 fully saturated rings. The maximum Gasteiger partial charge on any atom is 0.119 e. The molecule has 0 unspecified atom stereocenters. The summed E-state index contributed by atoms with van der Waals surface area (Å²) in [5.41, 5.74) is 2.36. The standard InChI is InChI=1S/C14H19NO/c1-4-5-13(10-15-3)11-16-14-8-6-12(2)7-9-14/h5-10H,4,11H2,1-3H3/b13-5+,15-10?. The van der Waals surface area contributed by atoms with E-state index < -0.39 is 0 Å². The Kier molecular flexibility index (Phi) is 5.34. The van der Waals surface area contributed by atoms with E-state index in [-0.39, 0.29) is 0 Å². The van der Waals surface area contributed by atoms with E-state index in [9.17, 15) is 0 Å². The van der Waals surface area contributed by atoms with E-state index in [4.69, 9.17) is 4.74 Å². The van der Waals surface area contributed by atoms with Crippen molar-refractivity contribution in [1.29, 1.82) is 0 Å². The second kappa shape index (κ2) is 6.83. The summed E-state index contributed by atoms with van der Waals surface area (Å²) >= 11 is 0. The molecule has 1 aromatic rings. The fourth-order valence-electron chi connectivity index (χ4n) is 1.38. The van der Waals surface area contributed by atoms with Gasteiger partial charge in [-0.25, -0.2) is 0 Å². The number of aryl methyl sites for hydroxylation is 1. The molecule has 0 N–H and O–H groups in total. The molecule has 0 atom stereocenters. The van der Waals surface area contributed by atoms with Crippen LogP contribution >= 0.6 is 0 Å². The number of benzene rings is 1. The molecule has 0 heterocycles. The Balaban J connectivity index is 2.55. The Labute approximate surface area is 97.7 Å². The van der Waals surface area contributed by atoms with Crippen molar-refractivity contribution in [2.24, 2.45) is 4.99 Å². The minimum atomic E-state index is 0.578. The van der Waals surface area contributed by atoms with Crippen molar-refractivity contribution in [3.63, 3.8) is 0 Å². The van der Waals surface area contributed by atoms with Gasteiger partial charge in [0.15, 0.2) is 0 Å². The zero-order valence-electron chi connectivity index (χ0n) is 10.2. The van der Waals surface area contributed by atoms with E-state index in [1.54, 1.807) is 7.05 Å². The van der Waals surface area contributed by atoms with E-state index >= 15 is 0 Å². The normalized spacial score (nSPS) is 12.1. The first-order valence-corrected chi connectivity index (χ1v) is 5.57. The average molecular weight is 217 g/mol. The highest BCUT2D eigenvalue weighted by molar-refractivity contribution is 5.78. The lowest BCUT2D eigenvalue weighted by Gasteiger charge is -2.06. The Morgan fingerprint density at radius 2 is 2.00 bits per heavy atom. The fraction of sp³-hybridized carbons (Fsp3) is 0.357. The van der Waals surface area contributed by atoms with E-state index in [1.807, 2.05) is 30.5 Å². The van der Waals surface area contributed by atoms with Gasteiger partial charge in [0.25, 0.3) is 0 Å². The van der Waals surface area contributed by atoms with Crippen LogP contribution in [0.5, 0.6) is 5.75 Å². The van der Waals surface area contributed by atoms with E-state index in [1.165, 1.54) is 5.56 Å². The number of allylic oxidation sites excluding steroid dienone is 1. The van der Waals surface area contributed by atoms with Crippen molar-refractivity contribution >= 4 is 6.21 Å². The van der Waals surface area contributed by atoms with Gasteiger partial charge in [-0.1, -0.05) is 30.7 Å². The zero-order valence-corrected chi connectivity index (χ0v) is 10.2. The Morgan fingerprint density at radius 1 is 1.31 bits per heavy atom. The lowest BCUT2D eigenvalue weighted by molar-refractivity contribution is 0.357. The van der Waals surface area contributed by atoms with Crippen molar-refractivity contribution in [1.82, 2.24) is 0 Å². The molecule has 0 saturated heterocycles. The molecule has 0 aliphatic heterocycles. The van der Waals surface area contributed by atoms with Gasteiger partial charge < -0.3 is 4.74 Å². The topological polar surface area (TPSA) is 21.6 Å². The third-order valence-corrected chi connectivity index (χ3v) is 2.19. The number of hydrogen-bond donors (Lipinski definition) is 0. The molecule has 0 bridgehead atoms. The molecule has 0 spiro atoms. The second-order valence-corrected chi connectivity index (χ2v) is 3.68. The van der Waals surface area contributed by atoms with Crippen molar-refractivity contribution in [3.05, 3.63) is 41.5 Å². The van der Waals surface area contributed by atoms with Crippen LogP contribution in [0.15, 0.2) is 40.9 Å². The van der Waals surface area contributed by atoms with Gasteiger partial charge in [0.1, 0.15) is 12.4 Å². The molecule has 0 aliphatic carbocycles. The minimum absolute atomic E-state index is 0.578. The first-order valence-electron chi connectivity index (χ1n) is 5.57. The first-order chi connectivity index (χ1) is 7.76. The predicted molar refractivity (Wildman–Crippen MR) is 69.5 cm³/mol. The van der Waals surface area contributed by atoms with Crippen molar-refractivity contribution < 1.29 is 4.74 Å². The average Bonchev–Trinajstić information content (AvgIpc) is 2.29. The van der Waals surface area contributed by atoms with Crippen LogP contribution in [0, 0.1) is 6.92 Å². The summed E-state index contributed by atoms with van der Waals surface area (Å²) in [6.45, 7) is 4.75. The third-order valence-electron chi connectivity index (χ3n) is 2.19. The van der Waals surface area contributed by atoms with Crippen LogP contribution in [-0.2, 0) is 0 Å². The minimum Gasteiger partial charge on any atom is -0.489 e. The molecule has 2 nitrogen and oxygen atoms in total. The Bertz CT molecular complexity index is 363. The summed E-state index contributed by atoms with van der Waals surface area (Å²) < 4.78 is 5.67. The lowest BCUT2D eigenvalue weighted by Crippen LogP contribution is -2.02. The van der Waals surface area contributed by atoms with Gasteiger partial charge in [0, 0.05) is 18.8 Å². The smallest absolute Gasteiger partial charge is 0.119 e. The van der Waals surface area contributed by atoms with Crippen LogP contribution in [0.25, 0.3) is 0 Å². The maximum atomic E-state index is 5.67. The van der Waals surface area contributed by atoms with Gasteiger partial charge >= 0.3 is 0 Å². The Hall–Kier alpha value is -1.57. The quantitative estimate of drug-likeness (QED) is 0.693. The number of nitrogens with zero attached hydrogens (tertiary/aromatic N) is 1. The highest BCUT2D eigenvalue weighted by Gasteiger charge is 1.96. The number of aliphatic imine (C=N–C) groups is 1. The molecule has 0 radical (unpaired) electrons. The van der Waals surface area contributed by atoms with Crippen LogP contribution in [0.1, 0.15) is 18.9 Å². The van der Waals surface area contributed by atoms with Gasteiger partial charge in [-0.05, 0) is 25.5 Å². The summed E-state index contributed by atoms with van der Waals surface area (Å²) in [6.07, 6.45) is 4.97. The molecular formula is C14H19NO. The zero-order chi connectivity index (χ0) is 11.8. The Morgan fingerprint density at radius 3 is 2.56 bits per heavy atom. The van der Waals surface area contributed by atoms with Gasteiger partial charge in [-0.3, -0.25) is 4.99 Å². The lowest BCUT2D eigenvalue weighted by atomic mass is 10.2. The van der Waals surface area contributed by atoms with Crippen molar-refractivity contribution in [2.45, 2.75) is 20.3 Å². The summed E-state index contributed by atoms with van der Waals surface area (Å²) in [7, 11) is 1.77. The summed E-state index contributed by atoms with van der Waals surface area (Å²) in [4.78, 5) is 4.01. The molecule has 2 heteroatoms. The molecule has 1 rings (SSSR count). The summed E-state index contributed by atoms with van der Waals surface area (Å²) in [5, 5.41) is 0. The molecule has 16 heavy (non-hydrogen) atoms. The highest BCUT2D eigenvalue weighted by Crippen LogP contribution is 2.12. The van der Waals surface area contributed by atoms with Gasteiger partial charge in [-0.2, -0.15) is 0 Å². The maximum absolute atomic E-state index is 5.67. The summed E-state index contributed by atoms with van der Waals surface area (Å²) in [5.74, 6) is 0.900. The SMILES string of the molecule is CC/C=C(\C=NC)COc1ccc(C)cc1. The molecule has 0 aromatic heterocycles. The second-order valence-electron chi connectivity index (χ2n) is 3.68. The number of rotatable bonds is 5. The molecule has 86 valence electrons. The molecule has 0 amide bonds. The van der Waals surface area contributed by atoms with Crippen LogP contribution in [0.4, 0.5) is 0 Å². The molecule has 1 aromatic carbocycles. The van der Waals surface area contributed by atoms with E-state index in [0.717, 1.165) is 17.7 Å². The van der Waals surface area contributed by atoms with Crippen LogP contribution in [0.2, 0.25) is 0 Å². The monoisotopic (exact) mass is 217 g/mol. The first kappa shape index (κ1) is 12.5. The van der Waals surface area contributed by atoms with Crippen LogP contribution in [0.3, 0.4) is 0 Å². The number of ether oxygens (including phenoxy) is 1. The molecule has 0 aliphatic rings. The van der Waals surface area contributed by atoms with Crippen LogP contribution in [-0.4, -0.2) is 19.9 Å². The largest absolute Gasteiger partial charge is 0.489 e.